The van der Waals surface area contributed by atoms with Gasteiger partial charge in [-0.1, -0.05) is 6.92 Å². The molecule has 1 fully saturated rings. The first-order valence-corrected chi connectivity index (χ1v) is 6.07. The number of nitrogens with one attached hydrogen (secondary N) is 1. The highest BCUT2D eigenvalue weighted by molar-refractivity contribution is 5.78. The molecule has 3 rings (SSSR count). The minimum absolute atomic E-state index is 0.470. The average Bonchev–Trinajstić information content (AvgIpc) is 2.72. The first-order valence-electron chi connectivity index (χ1n) is 6.07. The molecular formula is C13H17N3O. The van der Waals surface area contributed by atoms with Crippen molar-refractivity contribution in [2.75, 3.05) is 18.9 Å². The third kappa shape index (κ3) is 1.89. The van der Waals surface area contributed by atoms with E-state index >= 15 is 0 Å². The molecule has 2 heterocycles. The van der Waals surface area contributed by atoms with E-state index < -0.39 is 0 Å². The maximum atomic E-state index is 5.77. The zero-order valence-electron chi connectivity index (χ0n) is 9.94. The highest BCUT2D eigenvalue weighted by atomic mass is 16.5. The number of nitrogens with zero attached hydrogens (tertiary/aromatic N) is 1. The van der Waals surface area contributed by atoms with Crippen molar-refractivity contribution < 1.29 is 4.74 Å². The molecule has 1 aliphatic rings. The number of imidazole rings is 1. The smallest absolute Gasteiger partial charge is 0.110 e. The van der Waals surface area contributed by atoms with Crippen molar-refractivity contribution in [1.29, 1.82) is 0 Å². The second-order valence-corrected chi connectivity index (χ2v) is 4.85. The van der Waals surface area contributed by atoms with Crippen LogP contribution in [0.5, 0.6) is 0 Å². The van der Waals surface area contributed by atoms with Crippen LogP contribution in [0.15, 0.2) is 18.2 Å². The largest absolute Gasteiger partial charge is 0.399 e. The fourth-order valence-corrected chi connectivity index (χ4v) is 2.51. The van der Waals surface area contributed by atoms with Gasteiger partial charge in [0.05, 0.1) is 11.0 Å². The molecule has 2 aromatic rings. The molecule has 0 amide bonds. The highest BCUT2D eigenvalue weighted by Gasteiger charge is 2.26. The van der Waals surface area contributed by atoms with Gasteiger partial charge in [0.25, 0.3) is 0 Å². The van der Waals surface area contributed by atoms with Gasteiger partial charge in [0.2, 0.25) is 0 Å². The van der Waals surface area contributed by atoms with E-state index in [1.54, 1.807) is 0 Å². The summed E-state index contributed by atoms with van der Waals surface area (Å²) in [4.78, 5) is 8.05. The molecule has 0 aliphatic carbocycles. The lowest BCUT2D eigenvalue weighted by Gasteiger charge is -2.27. The van der Waals surface area contributed by atoms with Crippen LogP contribution < -0.4 is 5.73 Å². The third-order valence-electron chi connectivity index (χ3n) is 3.52. The van der Waals surface area contributed by atoms with Gasteiger partial charge in [-0.15, -0.1) is 0 Å². The van der Waals surface area contributed by atoms with E-state index in [9.17, 15) is 0 Å². The Bertz CT molecular complexity index is 534. The lowest BCUT2D eigenvalue weighted by Crippen LogP contribution is -2.24. The van der Waals surface area contributed by atoms with E-state index in [-0.39, 0.29) is 0 Å². The van der Waals surface area contributed by atoms with Gasteiger partial charge in [0, 0.05) is 24.8 Å². The van der Waals surface area contributed by atoms with E-state index in [2.05, 4.69) is 16.9 Å². The standard InChI is InChI=1S/C13H17N3O/c1-8-7-17-5-4-10(8)13-15-11-3-2-9(14)6-12(11)16-13/h2-3,6,8,10H,4-5,7,14H2,1H3,(H,15,16). The predicted octanol–water partition coefficient (Wildman–Crippen LogP) is 2.29. The summed E-state index contributed by atoms with van der Waals surface area (Å²) < 4.78 is 5.46. The summed E-state index contributed by atoms with van der Waals surface area (Å²) in [6.45, 7) is 3.86. The molecule has 4 heteroatoms. The minimum atomic E-state index is 0.470. The second kappa shape index (κ2) is 4.04. The molecule has 1 saturated heterocycles. The van der Waals surface area contributed by atoms with Crippen LogP contribution in [0.4, 0.5) is 5.69 Å². The average molecular weight is 231 g/mol. The number of benzene rings is 1. The molecule has 1 aromatic heterocycles. The fourth-order valence-electron chi connectivity index (χ4n) is 2.51. The monoisotopic (exact) mass is 231 g/mol. The van der Waals surface area contributed by atoms with Gasteiger partial charge in [-0.25, -0.2) is 4.98 Å². The molecular weight excluding hydrogens is 214 g/mol. The maximum Gasteiger partial charge on any atom is 0.110 e. The highest BCUT2D eigenvalue weighted by Crippen LogP contribution is 2.31. The number of hydrogen-bond donors (Lipinski definition) is 2. The molecule has 0 bridgehead atoms. The molecule has 2 unspecified atom stereocenters. The Hall–Kier alpha value is -1.55. The fraction of sp³-hybridized carbons (Fsp3) is 0.462. The number of fused-ring (bicyclic) bond motifs is 1. The topological polar surface area (TPSA) is 63.9 Å². The van der Waals surface area contributed by atoms with E-state index in [4.69, 9.17) is 10.5 Å². The third-order valence-corrected chi connectivity index (χ3v) is 3.52. The van der Waals surface area contributed by atoms with Crippen molar-refractivity contribution in [1.82, 2.24) is 9.97 Å². The number of H-pyrrole nitrogens is 1. The maximum absolute atomic E-state index is 5.77. The summed E-state index contributed by atoms with van der Waals surface area (Å²) in [5, 5.41) is 0. The van der Waals surface area contributed by atoms with Crippen molar-refractivity contribution in [2.24, 2.45) is 5.92 Å². The number of nitrogens with two attached hydrogens (primary N) is 1. The number of anilines is 1. The van der Waals surface area contributed by atoms with Crippen molar-refractivity contribution in [3.05, 3.63) is 24.0 Å². The van der Waals surface area contributed by atoms with Gasteiger partial charge in [-0.3, -0.25) is 0 Å². The van der Waals surface area contributed by atoms with Gasteiger partial charge in [-0.2, -0.15) is 0 Å². The molecule has 1 aliphatic heterocycles. The number of ether oxygens (including phenoxy) is 1. The minimum Gasteiger partial charge on any atom is -0.399 e. The summed E-state index contributed by atoms with van der Waals surface area (Å²) >= 11 is 0. The van der Waals surface area contributed by atoms with Crippen LogP contribution in [0.25, 0.3) is 11.0 Å². The summed E-state index contributed by atoms with van der Waals surface area (Å²) in [7, 11) is 0. The Morgan fingerprint density at radius 3 is 3.18 bits per heavy atom. The van der Waals surface area contributed by atoms with Crippen LogP contribution in [0.2, 0.25) is 0 Å². The van der Waals surface area contributed by atoms with Crippen LogP contribution in [-0.4, -0.2) is 23.2 Å². The molecule has 17 heavy (non-hydrogen) atoms. The number of nitrogen functional groups attached to an aromatic ring is 1. The molecule has 1 aromatic carbocycles. The van der Waals surface area contributed by atoms with Gasteiger partial charge in [0.1, 0.15) is 5.82 Å². The summed E-state index contributed by atoms with van der Waals surface area (Å²) in [6, 6.07) is 5.80. The van der Waals surface area contributed by atoms with Crippen LogP contribution in [0, 0.1) is 5.92 Å². The van der Waals surface area contributed by atoms with Gasteiger partial charge in [-0.05, 0) is 30.5 Å². The zero-order valence-corrected chi connectivity index (χ0v) is 9.94. The van der Waals surface area contributed by atoms with E-state index in [1.165, 1.54) is 0 Å². The van der Waals surface area contributed by atoms with E-state index in [0.29, 0.717) is 11.8 Å². The molecule has 0 spiro atoms. The zero-order chi connectivity index (χ0) is 11.8. The van der Waals surface area contributed by atoms with Crippen molar-refractivity contribution in [2.45, 2.75) is 19.3 Å². The lowest BCUT2D eigenvalue weighted by molar-refractivity contribution is 0.0455. The molecule has 2 atom stereocenters. The van der Waals surface area contributed by atoms with E-state index in [0.717, 1.165) is 42.2 Å². The van der Waals surface area contributed by atoms with Crippen molar-refractivity contribution >= 4 is 16.7 Å². The summed E-state index contributed by atoms with van der Waals surface area (Å²) in [5.41, 5.74) is 8.56. The SMILES string of the molecule is CC1COCCC1c1nc2ccc(N)cc2[nH]1. The van der Waals surface area contributed by atoms with Crippen molar-refractivity contribution in [3.63, 3.8) is 0 Å². The number of aromatic nitrogens is 2. The van der Waals surface area contributed by atoms with E-state index in [1.807, 2.05) is 18.2 Å². The van der Waals surface area contributed by atoms with Gasteiger partial charge < -0.3 is 15.5 Å². The second-order valence-electron chi connectivity index (χ2n) is 4.85. The Balaban J connectivity index is 1.99. The first-order chi connectivity index (χ1) is 8.24. The Kier molecular flexibility index (Phi) is 2.52. The van der Waals surface area contributed by atoms with Crippen LogP contribution in [-0.2, 0) is 4.74 Å². The number of hydrogen-bond acceptors (Lipinski definition) is 3. The Morgan fingerprint density at radius 1 is 1.47 bits per heavy atom. The predicted molar refractivity (Wildman–Crippen MR) is 67.8 cm³/mol. The van der Waals surface area contributed by atoms with Crippen molar-refractivity contribution in [3.8, 4) is 0 Å². The van der Waals surface area contributed by atoms with Gasteiger partial charge >= 0.3 is 0 Å². The van der Waals surface area contributed by atoms with Crippen LogP contribution >= 0.6 is 0 Å². The molecule has 0 saturated carbocycles. The summed E-state index contributed by atoms with van der Waals surface area (Å²) in [5.74, 6) is 2.06. The molecule has 4 nitrogen and oxygen atoms in total. The quantitative estimate of drug-likeness (QED) is 0.740. The lowest BCUT2D eigenvalue weighted by atomic mass is 9.89. The van der Waals surface area contributed by atoms with Gasteiger partial charge in [0.15, 0.2) is 0 Å². The van der Waals surface area contributed by atoms with Crippen LogP contribution in [0.1, 0.15) is 25.1 Å². The molecule has 0 radical (unpaired) electrons. The van der Waals surface area contributed by atoms with Crippen LogP contribution in [0.3, 0.4) is 0 Å². The molecule has 3 N–H and O–H groups in total. The Morgan fingerprint density at radius 2 is 2.35 bits per heavy atom. The number of aromatic amines is 1. The first kappa shape index (κ1) is 10.6. The number of rotatable bonds is 1. The normalized spacial score (nSPS) is 25.2. The Labute approximate surface area is 100 Å². The molecule has 90 valence electrons. The summed E-state index contributed by atoms with van der Waals surface area (Å²) in [6.07, 6.45) is 1.04.